The van der Waals surface area contributed by atoms with Crippen LogP contribution in [0.2, 0.25) is 0 Å². The molecule has 1 fully saturated rings. The molecule has 26 heavy (non-hydrogen) atoms. The first-order valence-electron chi connectivity index (χ1n) is 9.15. The number of benzene rings is 2. The number of rotatable bonds is 5. The van der Waals surface area contributed by atoms with Gasteiger partial charge in [-0.25, -0.2) is 4.98 Å². The van der Waals surface area contributed by atoms with Gasteiger partial charge in [0.15, 0.2) is 0 Å². The predicted molar refractivity (Wildman–Crippen MR) is 110 cm³/mol. The van der Waals surface area contributed by atoms with Gasteiger partial charge in [0, 0.05) is 4.47 Å². The lowest BCUT2D eigenvalue weighted by atomic mass is 9.83. The van der Waals surface area contributed by atoms with Crippen molar-refractivity contribution < 1.29 is 9.84 Å². The van der Waals surface area contributed by atoms with Crippen LogP contribution >= 0.6 is 27.3 Å². The Morgan fingerprint density at radius 2 is 1.96 bits per heavy atom. The zero-order valence-electron chi connectivity index (χ0n) is 14.5. The average molecular weight is 432 g/mol. The second-order valence-corrected chi connectivity index (χ2v) is 8.86. The highest BCUT2D eigenvalue weighted by molar-refractivity contribution is 9.10. The van der Waals surface area contributed by atoms with Crippen molar-refractivity contribution >= 4 is 37.5 Å². The van der Waals surface area contributed by atoms with E-state index < -0.39 is 6.10 Å². The number of hydrogen-bond acceptors (Lipinski definition) is 4. The second-order valence-electron chi connectivity index (χ2n) is 6.89. The Balaban J connectivity index is 1.43. The Morgan fingerprint density at radius 3 is 2.73 bits per heavy atom. The highest BCUT2D eigenvalue weighted by atomic mass is 79.9. The Labute approximate surface area is 166 Å². The molecular weight excluding hydrogens is 410 g/mol. The number of halogens is 1. The van der Waals surface area contributed by atoms with Gasteiger partial charge in [0.05, 0.1) is 16.3 Å². The molecule has 0 bridgehead atoms. The molecule has 1 heterocycles. The third-order valence-corrected chi connectivity index (χ3v) is 6.78. The molecular formula is C21H22BrNO2S. The number of thiazole rings is 1. The molecule has 0 amide bonds. The zero-order chi connectivity index (χ0) is 17.9. The van der Waals surface area contributed by atoms with Crippen molar-refractivity contribution in [2.45, 2.75) is 44.8 Å². The maximum atomic E-state index is 10.7. The van der Waals surface area contributed by atoms with Gasteiger partial charge in [-0.05, 0) is 48.6 Å². The number of aromatic nitrogens is 1. The maximum absolute atomic E-state index is 10.7. The number of para-hydroxylation sites is 1. The second kappa shape index (κ2) is 8.07. The SMILES string of the molecule is OC(c1ccc(OCc2nc3ccccc3s2)cc1Br)C1CCCCC1. The smallest absolute Gasteiger partial charge is 0.140 e. The molecule has 1 aliphatic rings. The van der Waals surface area contributed by atoms with Gasteiger partial charge >= 0.3 is 0 Å². The summed E-state index contributed by atoms with van der Waals surface area (Å²) < 4.78 is 8.01. The van der Waals surface area contributed by atoms with E-state index in [0.29, 0.717) is 12.5 Å². The van der Waals surface area contributed by atoms with Crippen molar-refractivity contribution in [3.63, 3.8) is 0 Å². The molecule has 3 aromatic rings. The summed E-state index contributed by atoms with van der Waals surface area (Å²) in [4.78, 5) is 4.60. The van der Waals surface area contributed by atoms with E-state index in [2.05, 4.69) is 27.0 Å². The molecule has 1 aromatic heterocycles. The summed E-state index contributed by atoms with van der Waals surface area (Å²) in [6.07, 6.45) is 5.57. The van der Waals surface area contributed by atoms with Crippen LogP contribution in [0.4, 0.5) is 0 Å². The number of aliphatic hydroxyl groups is 1. The van der Waals surface area contributed by atoms with Gasteiger partial charge in [0.25, 0.3) is 0 Å². The minimum atomic E-state index is -0.400. The fraction of sp³-hybridized carbons (Fsp3) is 0.381. The molecule has 1 N–H and O–H groups in total. The van der Waals surface area contributed by atoms with Crippen LogP contribution in [0.3, 0.4) is 0 Å². The number of aliphatic hydroxyl groups excluding tert-OH is 1. The summed E-state index contributed by atoms with van der Waals surface area (Å²) in [5.41, 5.74) is 1.98. The quantitative estimate of drug-likeness (QED) is 0.518. The highest BCUT2D eigenvalue weighted by Crippen LogP contribution is 2.38. The summed E-state index contributed by atoms with van der Waals surface area (Å²) in [5, 5.41) is 11.7. The number of fused-ring (bicyclic) bond motifs is 1. The van der Waals surface area contributed by atoms with Crippen LogP contribution in [0, 0.1) is 5.92 Å². The van der Waals surface area contributed by atoms with Gasteiger partial charge in [-0.2, -0.15) is 0 Å². The number of nitrogens with zero attached hydrogens (tertiary/aromatic N) is 1. The normalized spacial score (nSPS) is 16.7. The van der Waals surface area contributed by atoms with Crippen molar-refractivity contribution in [3.05, 3.63) is 57.5 Å². The van der Waals surface area contributed by atoms with Gasteiger partial charge in [-0.15, -0.1) is 11.3 Å². The van der Waals surface area contributed by atoms with Crippen molar-refractivity contribution in [1.82, 2.24) is 4.98 Å². The van der Waals surface area contributed by atoms with Crippen molar-refractivity contribution in [3.8, 4) is 5.75 Å². The highest BCUT2D eigenvalue weighted by Gasteiger charge is 2.24. The average Bonchev–Trinajstić information content (AvgIpc) is 3.10. The van der Waals surface area contributed by atoms with Gasteiger partial charge in [0.1, 0.15) is 17.4 Å². The summed E-state index contributed by atoms with van der Waals surface area (Å²) >= 11 is 5.28. The molecule has 1 aliphatic carbocycles. The molecule has 3 nitrogen and oxygen atoms in total. The van der Waals surface area contributed by atoms with Gasteiger partial charge < -0.3 is 9.84 Å². The lowest BCUT2D eigenvalue weighted by Crippen LogP contribution is -2.16. The standard InChI is InChI=1S/C21H22BrNO2S/c22-17-12-15(10-11-16(17)21(24)14-6-2-1-3-7-14)25-13-20-23-18-8-4-5-9-19(18)26-20/h4-5,8-12,14,21,24H,1-3,6-7,13H2. The van der Waals surface area contributed by atoms with Crippen molar-refractivity contribution in [1.29, 1.82) is 0 Å². The summed E-state index contributed by atoms with van der Waals surface area (Å²) in [6.45, 7) is 0.455. The minimum Gasteiger partial charge on any atom is -0.486 e. The van der Waals surface area contributed by atoms with E-state index in [-0.39, 0.29) is 0 Å². The Hall–Kier alpha value is -1.43. The van der Waals surface area contributed by atoms with E-state index in [1.54, 1.807) is 11.3 Å². The zero-order valence-corrected chi connectivity index (χ0v) is 16.9. The van der Waals surface area contributed by atoms with Crippen LogP contribution in [0.5, 0.6) is 5.75 Å². The first-order valence-corrected chi connectivity index (χ1v) is 10.8. The molecule has 0 radical (unpaired) electrons. The van der Waals surface area contributed by atoms with Crippen molar-refractivity contribution in [2.24, 2.45) is 5.92 Å². The fourth-order valence-corrected chi connectivity index (χ4v) is 5.14. The number of hydrogen-bond donors (Lipinski definition) is 1. The van der Waals surface area contributed by atoms with Crippen LogP contribution in [-0.4, -0.2) is 10.1 Å². The maximum Gasteiger partial charge on any atom is 0.140 e. The molecule has 5 heteroatoms. The van der Waals surface area contributed by atoms with E-state index in [9.17, 15) is 5.11 Å². The molecule has 1 atom stereocenters. The van der Waals surface area contributed by atoms with Crippen LogP contribution in [0.15, 0.2) is 46.9 Å². The van der Waals surface area contributed by atoms with E-state index in [4.69, 9.17) is 4.74 Å². The Bertz CT molecular complexity index is 856. The van der Waals surface area contributed by atoms with Crippen LogP contribution < -0.4 is 4.74 Å². The third-order valence-electron chi connectivity index (χ3n) is 5.09. The van der Waals surface area contributed by atoms with Crippen LogP contribution in [0.25, 0.3) is 10.2 Å². The summed E-state index contributed by atoms with van der Waals surface area (Å²) in [6, 6.07) is 14.0. The Kier molecular flexibility index (Phi) is 5.57. The summed E-state index contributed by atoms with van der Waals surface area (Å²) in [5.74, 6) is 1.16. The minimum absolute atomic E-state index is 0.370. The van der Waals surface area contributed by atoms with Crippen LogP contribution in [-0.2, 0) is 6.61 Å². The first kappa shape index (κ1) is 18.0. The van der Waals surface area contributed by atoms with E-state index >= 15 is 0 Å². The van der Waals surface area contributed by atoms with Gasteiger partial charge in [0.2, 0.25) is 0 Å². The molecule has 1 unspecified atom stereocenters. The van der Waals surface area contributed by atoms with E-state index in [1.807, 2.05) is 36.4 Å². The molecule has 2 aromatic carbocycles. The number of ether oxygens (including phenoxy) is 1. The van der Waals surface area contributed by atoms with Crippen molar-refractivity contribution in [2.75, 3.05) is 0 Å². The van der Waals surface area contributed by atoms with Gasteiger partial charge in [-0.3, -0.25) is 0 Å². The van der Waals surface area contributed by atoms with Crippen LogP contribution in [0.1, 0.15) is 48.8 Å². The monoisotopic (exact) mass is 431 g/mol. The predicted octanol–water partition coefficient (Wildman–Crippen LogP) is 6.25. The lowest BCUT2D eigenvalue weighted by Gasteiger charge is -2.27. The van der Waals surface area contributed by atoms with E-state index in [1.165, 1.54) is 24.0 Å². The molecule has 0 saturated heterocycles. The molecule has 4 rings (SSSR count). The molecule has 136 valence electrons. The lowest BCUT2D eigenvalue weighted by molar-refractivity contribution is 0.0842. The molecule has 1 saturated carbocycles. The third kappa shape index (κ3) is 3.95. The summed E-state index contributed by atoms with van der Waals surface area (Å²) in [7, 11) is 0. The molecule has 0 spiro atoms. The fourth-order valence-electron chi connectivity index (χ4n) is 3.67. The van der Waals surface area contributed by atoms with E-state index in [0.717, 1.165) is 39.2 Å². The topological polar surface area (TPSA) is 42.4 Å². The first-order chi connectivity index (χ1) is 12.7. The molecule has 0 aliphatic heterocycles. The Morgan fingerprint density at radius 1 is 1.15 bits per heavy atom. The van der Waals surface area contributed by atoms with Gasteiger partial charge in [-0.1, -0.05) is 53.4 Å². The largest absolute Gasteiger partial charge is 0.486 e.